The molecule has 0 aromatic heterocycles. The van der Waals surface area contributed by atoms with Gasteiger partial charge in [-0.2, -0.15) is 29.0 Å². The first-order valence-corrected chi connectivity index (χ1v) is 48.1. The molecule has 15 heterocycles. The molecule has 139 heavy (non-hydrogen) atoms. The number of amides is 15. The number of hydrogen-bond donors (Lipinski definition) is 5. The maximum absolute atomic E-state index is 13.6. The third kappa shape index (κ3) is 22.5. The molecule has 5 aromatic carbocycles. The van der Waals surface area contributed by atoms with E-state index in [0.29, 0.717) is 127 Å². The number of rotatable bonds is 15. The number of carbonyl (C=O) groups excluding carboxylic acids is 15. The van der Waals surface area contributed by atoms with E-state index in [0.717, 1.165) is 90.7 Å². The van der Waals surface area contributed by atoms with Crippen LogP contribution in [0.3, 0.4) is 0 Å². The zero-order chi connectivity index (χ0) is 98.5. The molecule has 10 saturated heterocycles. The molecule has 39 heteroatoms. The van der Waals surface area contributed by atoms with Crippen molar-refractivity contribution >= 4 is 100 Å². The van der Waals surface area contributed by atoms with Gasteiger partial charge in [0.05, 0.1) is 30.3 Å². The predicted octanol–water partition coefficient (Wildman–Crippen LogP) is 7.05. The average Bonchev–Trinajstić information content (AvgIpc) is 1.66. The number of fused-ring (bicyclic) bond motifs is 5. The van der Waals surface area contributed by atoms with Crippen molar-refractivity contribution in [3.05, 3.63) is 175 Å². The first kappa shape index (κ1) is 98.6. The number of hydrogen-bond acceptors (Lipinski definition) is 18. The van der Waals surface area contributed by atoms with Gasteiger partial charge >= 0.3 is 6.18 Å². The highest BCUT2D eigenvalue weighted by atomic mass is 35.5. The summed E-state index contributed by atoms with van der Waals surface area (Å²) in [6.07, 6.45) is 2.91. The molecule has 15 aliphatic rings. The van der Waals surface area contributed by atoms with E-state index in [9.17, 15) is 93.9 Å². The molecule has 15 aliphatic heterocycles. The number of nitrogens with one attached hydrogen (secondary N) is 5. The van der Waals surface area contributed by atoms with Gasteiger partial charge in [0.1, 0.15) is 60.3 Å². The number of nitriles is 3. The Labute approximate surface area is 804 Å². The second kappa shape index (κ2) is 42.5. The van der Waals surface area contributed by atoms with Gasteiger partial charge in [0.2, 0.25) is 88.6 Å². The maximum atomic E-state index is 13.6. The summed E-state index contributed by atoms with van der Waals surface area (Å²) < 4.78 is 65.7. The second-order valence-corrected chi connectivity index (χ2v) is 39.2. The number of benzene rings is 5. The van der Waals surface area contributed by atoms with Gasteiger partial charge in [0.25, 0.3) is 0 Å². The third-order valence-corrected chi connectivity index (χ3v) is 29.6. The van der Waals surface area contributed by atoms with E-state index in [2.05, 4.69) is 44.8 Å². The molecule has 5 aromatic rings. The summed E-state index contributed by atoms with van der Waals surface area (Å²) >= 11 is 6.01. The minimum Gasteiger partial charge on any atom is -0.344 e. The molecular weight excluding hydrogens is 1820 g/mol. The molecule has 10 fully saturated rings. The van der Waals surface area contributed by atoms with Crippen LogP contribution in [0.2, 0.25) is 5.02 Å². The Balaban J connectivity index is 0.000000126. The van der Waals surface area contributed by atoms with Gasteiger partial charge in [-0.1, -0.05) is 78.3 Å². The van der Waals surface area contributed by atoms with Crippen molar-refractivity contribution in [1.29, 1.82) is 15.8 Å². The lowest BCUT2D eigenvalue weighted by molar-refractivity contribution is -0.138. The van der Waals surface area contributed by atoms with Crippen LogP contribution in [0.4, 0.5) is 22.0 Å². The van der Waals surface area contributed by atoms with Crippen molar-refractivity contribution in [2.75, 3.05) is 39.3 Å². The second-order valence-electron chi connectivity index (χ2n) is 38.7. The zero-order valence-corrected chi connectivity index (χ0v) is 77.7. The van der Waals surface area contributed by atoms with E-state index in [1.54, 1.807) is 36.6 Å². The molecule has 732 valence electrons. The van der Waals surface area contributed by atoms with Crippen LogP contribution in [0.5, 0.6) is 0 Å². The molecular formula is C100H110ClF5N18O15. The Morgan fingerprint density at radius 3 is 0.964 bits per heavy atom. The standard InChI is InChI=1S/C21H21F3N4O3.C20H23ClFN3O3.C20H21FN4O3.C20H22N4O3.C19H23N3O3/c22-21(23,24)15-4-3-12-10-27(11-14(12)6-15)18(29)8-13-7-17(26-19(13)30)20(31)28-5-1-2-16(28)9-25;1-11-4-16(22)10-25(11)20(28)17-6-13(19(27)23-17)7-18(26)24-8-12-2-3-15(21)5-14(12)9-24;21-15-4-3-12-10-24(11-14(12)6-15)18(26)8-13-7-17(23-19(13)27)20(28)25-5-1-2-16(25)9-22;21-10-16-6-3-7-24(16)20(27)17-8-15(19(26)22-17)9-18(25)23-11-13-4-1-2-5-14(13)12-23;23-17(22-11-13-5-1-2-6-14(13)12-22)10-15-9-16(20-18(15)24)19(25)21-7-3-4-8-21/h3-4,6,13,16-17H,1-2,5,7-8,10-11H2,(H,26,30);2-3,5,11,13,16-17H,4,6-10H2,1H3,(H,23,27);3-4,6,13,16-17H,1-2,5,7-8,10-11H2,(H,23,27);1-2,4-5,15-17H,3,6-9,11-12H2,(H,22,26);1-2,5-6,15-16H,3-4,7-12H2,(H,20,24)/t13-,16-,17-;11-,13+,16+,17+;13-,16-,17-;15-,16+,17+;15-,16-/m01010/s1. The molecule has 0 radical (unpaired) electrons. The fourth-order valence-electron chi connectivity index (χ4n) is 21.7. The van der Waals surface area contributed by atoms with Crippen molar-refractivity contribution < 1.29 is 93.9 Å². The highest BCUT2D eigenvalue weighted by molar-refractivity contribution is 6.30. The summed E-state index contributed by atoms with van der Waals surface area (Å²) in [4.78, 5) is 204. The number of halogens is 6. The normalized spacial score (nSPS) is 26.5. The summed E-state index contributed by atoms with van der Waals surface area (Å²) in [5.41, 5.74) is 8.77. The van der Waals surface area contributed by atoms with E-state index in [1.165, 1.54) is 48.9 Å². The number of alkyl halides is 4. The Morgan fingerprint density at radius 1 is 0.360 bits per heavy atom. The lowest BCUT2D eigenvalue weighted by atomic mass is 9.99. The quantitative estimate of drug-likeness (QED) is 0.0655. The average molecular weight is 1930 g/mol. The van der Waals surface area contributed by atoms with Crippen LogP contribution >= 0.6 is 11.6 Å². The molecule has 0 saturated carbocycles. The van der Waals surface area contributed by atoms with Crippen LogP contribution < -0.4 is 26.6 Å². The topological polar surface area (TPSA) is 420 Å². The number of nitrogens with zero attached hydrogens (tertiary/aromatic N) is 13. The Kier molecular flexibility index (Phi) is 30.1. The minimum absolute atomic E-state index is 0.00868. The molecule has 5 N–H and O–H groups in total. The maximum Gasteiger partial charge on any atom is 0.416 e. The van der Waals surface area contributed by atoms with E-state index < -0.39 is 102 Å². The van der Waals surface area contributed by atoms with E-state index in [-0.39, 0.29) is 166 Å². The highest BCUT2D eigenvalue weighted by Gasteiger charge is 2.50. The van der Waals surface area contributed by atoms with Crippen LogP contribution in [-0.4, -0.2) is 237 Å². The molecule has 0 unspecified atom stereocenters. The fourth-order valence-corrected chi connectivity index (χ4v) is 21.9. The van der Waals surface area contributed by atoms with Crippen molar-refractivity contribution in [1.82, 2.24) is 75.6 Å². The number of carbonyl (C=O) groups is 15. The smallest absolute Gasteiger partial charge is 0.344 e. The summed E-state index contributed by atoms with van der Waals surface area (Å²) in [5.74, 6) is -6.07. The predicted molar refractivity (Wildman–Crippen MR) is 484 cm³/mol. The van der Waals surface area contributed by atoms with Crippen molar-refractivity contribution in [2.45, 2.75) is 261 Å². The Morgan fingerprint density at radius 2 is 0.647 bits per heavy atom. The van der Waals surface area contributed by atoms with Crippen LogP contribution in [0.1, 0.15) is 190 Å². The summed E-state index contributed by atoms with van der Waals surface area (Å²) in [7, 11) is 0. The summed E-state index contributed by atoms with van der Waals surface area (Å²) in [6.45, 7) is 9.34. The zero-order valence-electron chi connectivity index (χ0n) is 76.9. The molecule has 0 bridgehead atoms. The van der Waals surface area contributed by atoms with Crippen LogP contribution in [0, 0.1) is 69.4 Å². The van der Waals surface area contributed by atoms with Crippen LogP contribution in [0.25, 0.3) is 0 Å². The summed E-state index contributed by atoms with van der Waals surface area (Å²) in [6, 6.07) is 31.1. The van der Waals surface area contributed by atoms with Gasteiger partial charge in [-0.25, -0.2) is 8.78 Å². The molecule has 0 spiro atoms. The van der Waals surface area contributed by atoms with Crippen molar-refractivity contribution in [2.24, 2.45) is 29.6 Å². The van der Waals surface area contributed by atoms with Gasteiger partial charge < -0.3 is 75.6 Å². The highest BCUT2D eigenvalue weighted by Crippen LogP contribution is 2.39. The Hall–Kier alpha value is -13.4. The van der Waals surface area contributed by atoms with Gasteiger partial charge in [-0.15, -0.1) is 0 Å². The molecule has 15 amide bonds. The van der Waals surface area contributed by atoms with Gasteiger partial charge in [-0.3, -0.25) is 71.9 Å². The molecule has 0 aliphatic carbocycles. The van der Waals surface area contributed by atoms with Crippen LogP contribution in [0.15, 0.2) is 103 Å². The summed E-state index contributed by atoms with van der Waals surface area (Å²) in [5, 5.41) is 41.7. The number of likely N-dealkylation sites (tertiary alicyclic amines) is 5. The first-order valence-electron chi connectivity index (χ1n) is 47.7. The van der Waals surface area contributed by atoms with Crippen LogP contribution in [-0.2, 0) is 144 Å². The lowest BCUT2D eigenvalue weighted by Crippen LogP contribution is -2.46. The van der Waals surface area contributed by atoms with Gasteiger partial charge in [-0.05, 0) is 182 Å². The third-order valence-electron chi connectivity index (χ3n) is 29.4. The van der Waals surface area contributed by atoms with Crippen molar-refractivity contribution in [3.63, 3.8) is 0 Å². The largest absolute Gasteiger partial charge is 0.416 e. The van der Waals surface area contributed by atoms with E-state index in [1.807, 2.05) is 72.5 Å². The molecule has 15 atom stereocenters. The minimum atomic E-state index is -4.45. The monoisotopic (exact) mass is 1930 g/mol. The van der Waals surface area contributed by atoms with E-state index in [4.69, 9.17) is 27.4 Å². The van der Waals surface area contributed by atoms with E-state index >= 15 is 0 Å². The Bertz CT molecular complexity index is 5790. The van der Waals surface area contributed by atoms with Gasteiger partial charge in [0, 0.05) is 177 Å². The lowest BCUT2D eigenvalue weighted by Gasteiger charge is -2.24. The SMILES string of the molecule is C[C@@H]1C[C@H](F)CN1C(=O)[C@@H]1C[C@@H](CC(=O)N2Cc3ccc(Cl)cc3C2)C(=O)N1.N#C[C@@H]1CCCN1C(=O)[C@@H]1C[C@@H](CC(=O)N2Cc3ccc(C(F)(F)F)cc3C2)C(=O)N1.N#C[C@@H]1CCCN1C(=O)[C@@H]1C[C@@H](CC(=O)N2Cc3ccc(F)cc3C2)C(=O)N1.N#C[C@@H]1CCCN1C(=O)[C@@H]1C[C@H](CC(=O)N2Cc3ccccc3C2)C(=O)N1.O=C1N[C@H](C(=O)N2CCCC2)C[C@H]1CC(=O)N1Cc2ccccc2C1. The van der Waals surface area contributed by atoms with Crippen molar-refractivity contribution in [3.8, 4) is 18.2 Å². The first-order chi connectivity index (χ1) is 66.6. The van der Waals surface area contributed by atoms with Gasteiger partial charge in [0.15, 0.2) is 0 Å². The molecule has 20 rings (SSSR count). The molecule has 33 nitrogen and oxygen atoms in total. The fraction of sp³-hybridized carbons (Fsp3) is 0.520.